The maximum absolute atomic E-state index is 14.2. The van der Waals surface area contributed by atoms with Gasteiger partial charge in [-0.3, -0.25) is 9.59 Å². The third-order valence-corrected chi connectivity index (χ3v) is 6.92. The normalized spacial score (nSPS) is 11.6. The molecule has 0 heterocycles. The lowest BCUT2D eigenvalue weighted by atomic mass is 10.2. The zero-order valence-corrected chi connectivity index (χ0v) is 22.0. The quantitative estimate of drug-likeness (QED) is 0.152. The molecule has 0 bridgehead atoms. The summed E-state index contributed by atoms with van der Waals surface area (Å²) in [4.78, 5) is 34.5. The van der Waals surface area contributed by atoms with Crippen LogP contribution in [0.5, 0.6) is 0 Å². The molecule has 4 aromatic carbocycles. The molecule has 0 unspecified atom stereocenters. The van der Waals surface area contributed by atoms with Crippen molar-refractivity contribution in [1.29, 1.82) is 0 Å². The molecule has 0 spiro atoms. The smallest absolute Gasteiger partial charge is 0.260 e. The molecule has 0 aliphatic rings. The number of aliphatic imine (C=N–C) groups is 2. The van der Waals surface area contributed by atoms with Crippen molar-refractivity contribution in [1.82, 2.24) is 10.6 Å². The first-order chi connectivity index (χ1) is 19.0. The SMILES string of the molecule is O=C(NC(=Nc1ccccc1)SCSC(=Nc1ccccc1)NC(=O)c1ccccc1F)c1ccccc1F. The van der Waals surface area contributed by atoms with Crippen LogP contribution in [-0.2, 0) is 0 Å². The number of amidine groups is 2. The van der Waals surface area contributed by atoms with E-state index < -0.39 is 23.4 Å². The van der Waals surface area contributed by atoms with Crippen molar-refractivity contribution in [3.8, 4) is 0 Å². The standard InChI is InChI=1S/C29H22F2N4O2S2/c30-24-17-9-7-15-22(24)26(36)34-28(32-20-11-3-1-4-12-20)38-19-39-29(33-21-13-5-2-6-14-21)35-27(37)23-16-8-10-18-25(23)31/h1-18H,19H2,(H,32,34,36)(H,33,35,37). The Bertz CT molecular complexity index is 1390. The van der Waals surface area contributed by atoms with E-state index in [-0.39, 0.29) is 26.5 Å². The predicted octanol–water partition coefficient (Wildman–Crippen LogP) is 6.92. The lowest BCUT2D eigenvalue weighted by Gasteiger charge is -2.11. The van der Waals surface area contributed by atoms with Crippen molar-refractivity contribution in [2.45, 2.75) is 0 Å². The van der Waals surface area contributed by atoms with E-state index in [1.165, 1.54) is 36.4 Å². The van der Waals surface area contributed by atoms with Crippen LogP contribution in [0.1, 0.15) is 20.7 Å². The van der Waals surface area contributed by atoms with Gasteiger partial charge >= 0.3 is 0 Å². The Morgan fingerprint density at radius 2 is 0.923 bits per heavy atom. The van der Waals surface area contributed by atoms with E-state index >= 15 is 0 Å². The maximum atomic E-state index is 14.2. The molecular weight excluding hydrogens is 538 g/mol. The fourth-order valence-corrected chi connectivity index (χ4v) is 4.99. The minimum Gasteiger partial charge on any atom is -0.301 e. The summed E-state index contributed by atoms with van der Waals surface area (Å²) in [7, 11) is 0. The van der Waals surface area contributed by atoms with Gasteiger partial charge in [0.2, 0.25) is 0 Å². The second-order valence-electron chi connectivity index (χ2n) is 7.78. The van der Waals surface area contributed by atoms with Crippen molar-refractivity contribution in [2.24, 2.45) is 9.98 Å². The van der Waals surface area contributed by atoms with Crippen LogP contribution in [0.2, 0.25) is 0 Å². The van der Waals surface area contributed by atoms with Crippen LogP contribution in [0.4, 0.5) is 20.2 Å². The van der Waals surface area contributed by atoms with E-state index in [0.717, 1.165) is 23.5 Å². The number of thioether (sulfide) groups is 2. The predicted molar refractivity (Wildman–Crippen MR) is 155 cm³/mol. The van der Waals surface area contributed by atoms with Gasteiger partial charge in [0, 0.05) is 0 Å². The summed E-state index contributed by atoms with van der Waals surface area (Å²) in [5.74, 6) is -2.60. The Morgan fingerprint density at radius 3 is 1.31 bits per heavy atom. The number of benzene rings is 4. The number of rotatable bonds is 6. The number of hydrogen-bond acceptors (Lipinski definition) is 6. The zero-order valence-electron chi connectivity index (χ0n) is 20.4. The van der Waals surface area contributed by atoms with E-state index in [2.05, 4.69) is 20.6 Å². The summed E-state index contributed by atoms with van der Waals surface area (Å²) in [5, 5.41) is 6.03. The van der Waals surface area contributed by atoms with Gasteiger partial charge in [-0.05, 0) is 48.5 Å². The zero-order chi connectivity index (χ0) is 27.5. The lowest BCUT2D eigenvalue weighted by molar-refractivity contribution is 0.0965. The number of hydrogen-bond donors (Lipinski definition) is 2. The molecule has 196 valence electrons. The number of carbonyl (C=O) groups is 2. The van der Waals surface area contributed by atoms with Crippen LogP contribution in [-0.4, -0.2) is 27.2 Å². The molecular formula is C29H22F2N4O2S2. The molecule has 0 aliphatic carbocycles. The van der Waals surface area contributed by atoms with Crippen molar-refractivity contribution >= 4 is 57.0 Å². The minimum atomic E-state index is -0.651. The second-order valence-corrected chi connectivity index (χ2v) is 10.1. The van der Waals surface area contributed by atoms with Crippen LogP contribution in [0.15, 0.2) is 119 Å². The Balaban J connectivity index is 1.52. The first-order valence-corrected chi connectivity index (χ1v) is 13.6. The molecule has 0 aromatic heterocycles. The van der Waals surface area contributed by atoms with Gasteiger partial charge in [-0.2, -0.15) is 0 Å². The van der Waals surface area contributed by atoms with Gasteiger partial charge in [0.05, 0.1) is 27.6 Å². The number of amides is 2. The molecule has 0 atom stereocenters. The Hall–Kier alpha value is -4.28. The van der Waals surface area contributed by atoms with Gasteiger partial charge in [0.15, 0.2) is 10.3 Å². The first-order valence-electron chi connectivity index (χ1n) is 11.6. The van der Waals surface area contributed by atoms with Gasteiger partial charge in [0.25, 0.3) is 11.8 Å². The van der Waals surface area contributed by atoms with Gasteiger partial charge < -0.3 is 10.6 Å². The highest BCUT2D eigenvalue weighted by molar-refractivity contribution is 8.29. The summed E-state index contributed by atoms with van der Waals surface area (Å²) < 4.78 is 28.4. The van der Waals surface area contributed by atoms with E-state index in [0.29, 0.717) is 11.4 Å². The van der Waals surface area contributed by atoms with Crippen molar-refractivity contribution in [3.05, 3.63) is 132 Å². The van der Waals surface area contributed by atoms with E-state index in [1.807, 2.05) is 12.1 Å². The van der Waals surface area contributed by atoms with Crippen LogP contribution in [0.25, 0.3) is 0 Å². The van der Waals surface area contributed by atoms with Crippen molar-refractivity contribution in [3.63, 3.8) is 0 Å². The topological polar surface area (TPSA) is 82.9 Å². The highest BCUT2D eigenvalue weighted by Crippen LogP contribution is 2.21. The average molecular weight is 561 g/mol. The van der Waals surface area contributed by atoms with E-state index in [9.17, 15) is 18.4 Å². The molecule has 4 aromatic rings. The second kappa shape index (κ2) is 14.0. The average Bonchev–Trinajstić information content (AvgIpc) is 2.94. The highest BCUT2D eigenvalue weighted by atomic mass is 32.2. The number of carbonyl (C=O) groups excluding carboxylic acids is 2. The molecule has 6 nitrogen and oxygen atoms in total. The maximum Gasteiger partial charge on any atom is 0.260 e. The Kier molecular flexibility index (Phi) is 9.98. The van der Waals surface area contributed by atoms with Gasteiger partial charge in [-0.1, -0.05) is 84.2 Å². The minimum absolute atomic E-state index is 0.116. The van der Waals surface area contributed by atoms with Crippen molar-refractivity contribution < 1.29 is 18.4 Å². The van der Waals surface area contributed by atoms with Gasteiger partial charge in [0.1, 0.15) is 11.6 Å². The van der Waals surface area contributed by atoms with Crippen LogP contribution in [0.3, 0.4) is 0 Å². The van der Waals surface area contributed by atoms with Gasteiger partial charge in [-0.15, -0.1) is 0 Å². The molecule has 4 rings (SSSR count). The molecule has 0 saturated carbocycles. The molecule has 39 heavy (non-hydrogen) atoms. The van der Waals surface area contributed by atoms with E-state index in [1.54, 1.807) is 60.7 Å². The lowest BCUT2D eigenvalue weighted by Crippen LogP contribution is -2.30. The number of para-hydroxylation sites is 2. The Labute approximate surface area is 232 Å². The molecule has 10 heteroatoms. The Morgan fingerprint density at radius 1 is 0.564 bits per heavy atom. The molecule has 0 aliphatic heterocycles. The summed E-state index contributed by atoms with van der Waals surface area (Å²) in [6.07, 6.45) is 0. The molecule has 2 N–H and O–H groups in total. The van der Waals surface area contributed by atoms with Crippen LogP contribution >= 0.6 is 23.5 Å². The molecule has 0 radical (unpaired) electrons. The number of nitrogens with zero attached hydrogens (tertiary/aromatic N) is 2. The molecule has 2 amide bonds. The number of nitrogens with one attached hydrogen (secondary N) is 2. The van der Waals surface area contributed by atoms with Crippen LogP contribution in [0, 0.1) is 11.6 Å². The first kappa shape index (κ1) is 27.7. The fraction of sp³-hybridized carbons (Fsp3) is 0.0345. The van der Waals surface area contributed by atoms with Crippen LogP contribution < -0.4 is 10.6 Å². The largest absolute Gasteiger partial charge is 0.301 e. The molecule has 0 fully saturated rings. The van der Waals surface area contributed by atoms with Crippen molar-refractivity contribution in [2.75, 3.05) is 5.08 Å². The molecule has 0 saturated heterocycles. The summed E-state index contributed by atoms with van der Waals surface area (Å²) >= 11 is 2.33. The summed E-state index contributed by atoms with van der Waals surface area (Å²) in [6.45, 7) is 0. The summed E-state index contributed by atoms with van der Waals surface area (Å²) in [6, 6.07) is 29.3. The number of halogens is 2. The summed E-state index contributed by atoms with van der Waals surface area (Å²) in [5.41, 5.74) is 0.944. The monoisotopic (exact) mass is 560 g/mol. The van der Waals surface area contributed by atoms with Gasteiger partial charge in [-0.25, -0.2) is 18.8 Å². The third-order valence-electron chi connectivity index (χ3n) is 5.04. The third kappa shape index (κ3) is 8.36. The highest BCUT2D eigenvalue weighted by Gasteiger charge is 2.16. The van der Waals surface area contributed by atoms with E-state index in [4.69, 9.17) is 0 Å². The fourth-order valence-electron chi connectivity index (χ4n) is 3.19.